The van der Waals surface area contributed by atoms with Crippen LogP contribution in [0.4, 0.5) is 11.4 Å². The third-order valence-corrected chi connectivity index (χ3v) is 8.86. The smallest absolute Gasteiger partial charge is 0.264 e. The van der Waals surface area contributed by atoms with Gasteiger partial charge in [-0.05, 0) is 59.7 Å². The Morgan fingerprint density at radius 1 is 0.902 bits per heavy atom. The molecular formula is C31H28ClN3O5S. The summed E-state index contributed by atoms with van der Waals surface area (Å²) in [5.74, 6) is -0.0664. The van der Waals surface area contributed by atoms with E-state index in [1.807, 2.05) is 36.4 Å². The summed E-state index contributed by atoms with van der Waals surface area (Å²) in [6.07, 6.45) is -0.813. The molecule has 1 aliphatic heterocycles. The van der Waals surface area contributed by atoms with Crippen LogP contribution in [-0.2, 0) is 32.6 Å². The molecule has 0 bridgehead atoms. The van der Waals surface area contributed by atoms with E-state index in [1.54, 1.807) is 47.4 Å². The molecule has 0 radical (unpaired) electrons. The van der Waals surface area contributed by atoms with Gasteiger partial charge in [-0.2, -0.15) is 0 Å². The van der Waals surface area contributed by atoms with Gasteiger partial charge >= 0.3 is 0 Å². The lowest BCUT2D eigenvalue weighted by Gasteiger charge is -2.34. The average molecular weight is 590 g/mol. The fourth-order valence-electron chi connectivity index (χ4n) is 4.50. The molecule has 210 valence electrons. The Hall–Kier alpha value is -4.34. The maximum atomic E-state index is 13.5. The largest absolute Gasteiger partial charge is 0.477 e. The number of hydrogen-bond donors (Lipinski definition) is 1. The molecule has 0 aromatic heterocycles. The van der Waals surface area contributed by atoms with Gasteiger partial charge < -0.3 is 15.0 Å². The quantitative estimate of drug-likeness (QED) is 0.318. The van der Waals surface area contributed by atoms with E-state index in [-0.39, 0.29) is 29.7 Å². The Kier molecular flexibility index (Phi) is 8.28. The number of sulfonamides is 1. The Labute approximate surface area is 244 Å². The van der Waals surface area contributed by atoms with Crippen molar-refractivity contribution >= 4 is 44.8 Å². The molecule has 5 rings (SSSR count). The van der Waals surface area contributed by atoms with Gasteiger partial charge in [0.15, 0.2) is 6.10 Å². The molecule has 0 fully saturated rings. The normalized spacial score (nSPS) is 14.5. The van der Waals surface area contributed by atoms with E-state index >= 15 is 0 Å². The SMILES string of the molecule is CN(c1ccc(CC(=O)N2C[C@@H](C(=O)NCc3ccccc3)Oc3ccccc32)cc1)S(=O)(=O)c1ccc(Cl)cc1. The standard InChI is InChI=1S/C31H28ClN3O5S/c1-34(41(38,39)26-17-13-24(32)14-18-26)25-15-11-22(12-16-25)19-30(36)35-21-29(40-28-10-6-5-9-27(28)35)31(37)33-20-23-7-3-2-4-8-23/h2-18,29H,19-21H2,1H3,(H,33,37)/t29-/m0/s1. The lowest BCUT2D eigenvalue weighted by molar-refractivity contribution is -0.128. The van der Waals surface area contributed by atoms with Crippen LogP contribution >= 0.6 is 11.6 Å². The number of nitrogens with one attached hydrogen (secondary N) is 1. The first kappa shape index (κ1) is 28.2. The summed E-state index contributed by atoms with van der Waals surface area (Å²) in [5, 5.41) is 3.34. The first-order valence-corrected chi connectivity index (χ1v) is 14.8. The van der Waals surface area contributed by atoms with E-state index in [9.17, 15) is 18.0 Å². The van der Waals surface area contributed by atoms with Crippen molar-refractivity contribution in [3.63, 3.8) is 0 Å². The van der Waals surface area contributed by atoms with Crippen molar-refractivity contribution in [2.45, 2.75) is 24.0 Å². The van der Waals surface area contributed by atoms with Crippen molar-refractivity contribution in [3.8, 4) is 5.75 Å². The van der Waals surface area contributed by atoms with Crippen molar-refractivity contribution in [1.82, 2.24) is 5.32 Å². The van der Waals surface area contributed by atoms with Gasteiger partial charge in [0.1, 0.15) is 5.75 Å². The van der Waals surface area contributed by atoms with E-state index in [1.165, 1.54) is 35.6 Å². The highest BCUT2D eigenvalue weighted by Gasteiger charge is 2.33. The minimum absolute atomic E-state index is 0.0562. The van der Waals surface area contributed by atoms with Crippen molar-refractivity contribution in [1.29, 1.82) is 0 Å². The second-order valence-corrected chi connectivity index (χ2v) is 12.0. The van der Waals surface area contributed by atoms with Crippen molar-refractivity contribution in [3.05, 3.63) is 119 Å². The van der Waals surface area contributed by atoms with Gasteiger partial charge in [0.2, 0.25) is 5.91 Å². The maximum Gasteiger partial charge on any atom is 0.264 e. The van der Waals surface area contributed by atoms with Crippen LogP contribution in [0.25, 0.3) is 0 Å². The molecule has 8 nitrogen and oxygen atoms in total. The molecule has 1 aliphatic rings. The molecule has 1 heterocycles. The second kappa shape index (κ2) is 12.0. The highest BCUT2D eigenvalue weighted by molar-refractivity contribution is 7.92. The zero-order valence-electron chi connectivity index (χ0n) is 22.2. The van der Waals surface area contributed by atoms with Gasteiger partial charge in [0.05, 0.1) is 29.2 Å². The third-order valence-electron chi connectivity index (χ3n) is 6.80. The van der Waals surface area contributed by atoms with E-state index in [0.29, 0.717) is 34.3 Å². The van der Waals surface area contributed by atoms with E-state index in [2.05, 4.69) is 5.32 Å². The lowest BCUT2D eigenvalue weighted by Crippen LogP contribution is -2.51. The van der Waals surface area contributed by atoms with E-state index in [0.717, 1.165) is 5.56 Å². The van der Waals surface area contributed by atoms with Gasteiger partial charge in [0, 0.05) is 18.6 Å². The molecule has 2 amide bonds. The number of para-hydroxylation sites is 2. The topological polar surface area (TPSA) is 96.0 Å². The van der Waals surface area contributed by atoms with Gasteiger partial charge in [0.25, 0.3) is 15.9 Å². The van der Waals surface area contributed by atoms with Gasteiger partial charge in [-0.3, -0.25) is 13.9 Å². The fraction of sp³-hybridized carbons (Fsp3) is 0.161. The Morgan fingerprint density at radius 2 is 1.56 bits per heavy atom. The average Bonchev–Trinajstić information content (AvgIpc) is 3.00. The maximum absolute atomic E-state index is 13.5. The Balaban J connectivity index is 1.28. The first-order chi connectivity index (χ1) is 19.7. The van der Waals surface area contributed by atoms with Crippen LogP contribution in [0.3, 0.4) is 0 Å². The molecule has 0 saturated carbocycles. The van der Waals surface area contributed by atoms with Crippen LogP contribution in [-0.4, -0.2) is 39.9 Å². The Morgan fingerprint density at radius 3 is 2.27 bits per heavy atom. The number of amides is 2. The number of fused-ring (bicyclic) bond motifs is 1. The summed E-state index contributed by atoms with van der Waals surface area (Å²) in [6.45, 7) is 0.417. The van der Waals surface area contributed by atoms with Gasteiger partial charge in [-0.25, -0.2) is 8.42 Å². The minimum atomic E-state index is -3.78. The number of ether oxygens (including phenoxy) is 1. The summed E-state index contributed by atoms with van der Waals surface area (Å²) < 4.78 is 33.2. The molecule has 0 spiro atoms. The summed E-state index contributed by atoms with van der Waals surface area (Å²) in [7, 11) is -2.31. The lowest BCUT2D eigenvalue weighted by atomic mass is 10.1. The zero-order chi connectivity index (χ0) is 29.0. The summed E-state index contributed by atoms with van der Waals surface area (Å²) in [5.41, 5.74) is 2.70. The Bertz CT molecular complexity index is 1650. The predicted octanol–water partition coefficient (Wildman–Crippen LogP) is 4.82. The number of carbonyl (C=O) groups is 2. The number of nitrogens with zero attached hydrogens (tertiary/aromatic N) is 2. The molecule has 10 heteroatoms. The number of rotatable bonds is 8. The molecular weight excluding hydrogens is 562 g/mol. The van der Waals surface area contributed by atoms with E-state index in [4.69, 9.17) is 16.3 Å². The van der Waals surface area contributed by atoms with Crippen LogP contribution in [0.5, 0.6) is 5.75 Å². The molecule has 0 saturated heterocycles. The molecule has 41 heavy (non-hydrogen) atoms. The first-order valence-electron chi connectivity index (χ1n) is 12.9. The third kappa shape index (κ3) is 6.37. The highest BCUT2D eigenvalue weighted by Crippen LogP contribution is 2.34. The van der Waals surface area contributed by atoms with Gasteiger partial charge in [-0.1, -0.05) is 66.2 Å². The van der Waals surface area contributed by atoms with Crippen LogP contribution < -0.4 is 19.3 Å². The summed E-state index contributed by atoms with van der Waals surface area (Å²) in [6, 6.07) is 29.4. The number of halogens is 1. The second-order valence-electron chi connectivity index (χ2n) is 9.55. The molecule has 0 unspecified atom stereocenters. The highest BCUT2D eigenvalue weighted by atomic mass is 35.5. The predicted molar refractivity (Wildman–Crippen MR) is 159 cm³/mol. The van der Waals surface area contributed by atoms with Crippen molar-refractivity contribution in [2.24, 2.45) is 0 Å². The van der Waals surface area contributed by atoms with Gasteiger partial charge in [-0.15, -0.1) is 0 Å². The molecule has 1 atom stereocenters. The van der Waals surface area contributed by atoms with Crippen LogP contribution in [0.2, 0.25) is 5.02 Å². The van der Waals surface area contributed by atoms with Crippen molar-refractivity contribution < 1.29 is 22.7 Å². The molecule has 4 aromatic rings. The monoisotopic (exact) mass is 589 g/mol. The molecule has 0 aliphatic carbocycles. The zero-order valence-corrected chi connectivity index (χ0v) is 23.8. The number of carbonyl (C=O) groups excluding carboxylic acids is 2. The summed E-state index contributed by atoms with van der Waals surface area (Å²) in [4.78, 5) is 28.2. The van der Waals surface area contributed by atoms with Crippen molar-refractivity contribution in [2.75, 3.05) is 22.8 Å². The minimum Gasteiger partial charge on any atom is -0.477 e. The van der Waals surface area contributed by atoms with Crippen LogP contribution in [0, 0.1) is 0 Å². The van der Waals surface area contributed by atoms with Crippen LogP contribution in [0.15, 0.2) is 108 Å². The number of hydrogen-bond acceptors (Lipinski definition) is 5. The molecule has 4 aromatic carbocycles. The number of anilines is 2. The molecule has 1 N–H and O–H groups in total. The summed E-state index contributed by atoms with van der Waals surface area (Å²) >= 11 is 5.90. The number of benzene rings is 4. The van der Waals surface area contributed by atoms with Crippen LogP contribution in [0.1, 0.15) is 11.1 Å². The van der Waals surface area contributed by atoms with E-state index < -0.39 is 16.1 Å². The fourth-order valence-corrected chi connectivity index (χ4v) is 5.82.